The number of nitrogens with zero attached hydrogens (tertiary/aromatic N) is 2. The number of amides is 2. The Balaban J connectivity index is 1.34. The van der Waals surface area contributed by atoms with E-state index in [1.807, 2.05) is 42.5 Å². The van der Waals surface area contributed by atoms with Crippen LogP contribution in [0.4, 0.5) is 0 Å². The zero-order chi connectivity index (χ0) is 21.8. The van der Waals surface area contributed by atoms with E-state index in [9.17, 15) is 9.59 Å². The molecule has 1 atom stereocenters. The number of nitrogens with one attached hydrogen (secondary N) is 1. The molecule has 1 aliphatic carbocycles. The van der Waals surface area contributed by atoms with Gasteiger partial charge < -0.3 is 10.2 Å². The summed E-state index contributed by atoms with van der Waals surface area (Å²) in [7, 11) is 3.53. The molecule has 0 saturated carbocycles. The molecular weight excluding hydrogens is 406 g/mol. The summed E-state index contributed by atoms with van der Waals surface area (Å²) in [5, 5.41) is 3.77. The predicted molar refractivity (Wildman–Crippen MR) is 126 cm³/mol. The Kier molecular flexibility index (Phi) is 6.28. The minimum Gasteiger partial charge on any atom is -0.352 e. The summed E-state index contributed by atoms with van der Waals surface area (Å²) in [5.74, 6) is -0.0667. The van der Waals surface area contributed by atoms with Crippen molar-refractivity contribution in [3.63, 3.8) is 0 Å². The van der Waals surface area contributed by atoms with Gasteiger partial charge in [-0.15, -0.1) is 11.3 Å². The lowest BCUT2D eigenvalue weighted by molar-refractivity contribution is -0.131. The number of fused-ring (bicyclic) bond motifs is 1. The van der Waals surface area contributed by atoms with Crippen LogP contribution in [0.15, 0.2) is 72.3 Å². The summed E-state index contributed by atoms with van der Waals surface area (Å²) in [6.07, 6.45) is 6.80. The van der Waals surface area contributed by atoms with Gasteiger partial charge in [0.2, 0.25) is 11.8 Å². The van der Waals surface area contributed by atoms with Gasteiger partial charge in [0.25, 0.3) is 0 Å². The first-order chi connectivity index (χ1) is 15.0. The van der Waals surface area contributed by atoms with Gasteiger partial charge in [-0.1, -0.05) is 54.6 Å². The van der Waals surface area contributed by atoms with Crippen molar-refractivity contribution in [2.45, 2.75) is 12.8 Å². The molecule has 3 aromatic rings. The number of allylic oxidation sites excluding steroid dienone is 1. The van der Waals surface area contributed by atoms with Crippen LogP contribution in [0, 0.1) is 5.92 Å². The first-order valence-corrected chi connectivity index (χ1v) is 11.1. The van der Waals surface area contributed by atoms with E-state index in [4.69, 9.17) is 0 Å². The highest BCUT2D eigenvalue weighted by Gasteiger charge is 2.19. The van der Waals surface area contributed by atoms with Crippen molar-refractivity contribution in [2.75, 3.05) is 20.6 Å². The van der Waals surface area contributed by atoms with Gasteiger partial charge in [-0.3, -0.25) is 9.59 Å². The summed E-state index contributed by atoms with van der Waals surface area (Å²) >= 11 is 1.56. The Morgan fingerprint density at radius 3 is 2.65 bits per heavy atom. The Hall–Kier alpha value is -3.25. The quantitative estimate of drug-likeness (QED) is 0.636. The fourth-order valence-corrected chi connectivity index (χ4v) is 4.57. The first-order valence-electron chi connectivity index (χ1n) is 10.3. The van der Waals surface area contributed by atoms with Gasteiger partial charge in [0.1, 0.15) is 5.01 Å². The molecule has 0 fully saturated rings. The Bertz CT molecular complexity index is 1160. The van der Waals surface area contributed by atoms with E-state index in [1.165, 1.54) is 5.56 Å². The van der Waals surface area contributed by atoms with E-state index in [2.05, 4.69) is 34.6 Å². The van der Waals surface area contributed by atoms with E-state index < -0.39 is 0 Å². The molecule has 1 unspecified atom stereocenters. The molecule has 2 amide bonds. The van der Waals surface area contributed by atoms with E-state index in [1.54, 1.807) is 30.3 Å². The number of hydrogen-bond donors (Lipinski definition) is 1. The molecule has 1 aliphatic rings. The highest BCUT2D eigenvalue weighted by molar-refractivity contribution is 7.18. The van der Waals surface area contributed by atoms with Crippen LogP contribution in [0.5, 0.6) is 0 Å². The molecule has 1 heterocycles. The third-order valence-electron chi connectivity index (χ3n) is 5.28. The molecule has 1 aromatic heterocycles. The van der Waals surface area contributed by atoms with Crippen molar-refractivity contribution in [1.29, 1.82) is 0 Å². The second-order valence-corrected chi connectivity index (χ2v) is 8.94. The number of carbonyl (C=O) groups is 2. The Morgan fingerprint density at radius 2 is 1.94 bits per heavy atom. The molecule has 0 radical (unpaired) electrons. The zero-order valence-electron chi connectivity index (χ0n) is 17.7. The largest absolute Gasteiger partial charge is 0.352 e. The van der Waals surface area contributed by atoms with Crippen molar-refractivity contribution >= 4 is 33.4 Å². The molecule has 0 aliphatic heterocycles. The molecular formula is C25H25N3O2S. The molecule has 2 aromatic carbocycles. The summed E-state index contributed by atoms with van der Waals surface area (Å²) in [6.45, 7) is 0.460. The normalized spacial score (nSPS) is 15.5. The number of hydrogen-bond acceptors (Lipinski definition) is 4. The topological polar surface area (TPSA) is 62.3 Å². The van der Waals surface area contributed by atoms with E-state index in [0.29, 0.717) is 13.0 Å². The van der Waals surface area contributed by atoms with Crippen molar-refractivity contribution in [1.82, 2.24) is 15.2 Å². The van der Waals surface area contributed by atoms with Gasteiger partial charge in [0.05, 0.1) is 22.6 Å². The van der Waals surface area contributed by atoms with E-state index in [-0.39, 0.29) is 24.2 Å². The highest BCUT2D eigenvalue weighted by atomic mass is 32.1. The summed E-state index contributed by atoms with van der Waals surface area (Å²) in [5.41, 5.74) is 4.25. The summed E-state index contributed by atoms with van der Waals surface area (Å²) in [4.78, 5) is 30.7. The van der Waals surface area contributed by atoms with Gasteiger partial charge in [0.15, 0.2) is 0 Å². The van der Waals surface area contributed by atoms with Crippen LogP contribution in [-0.4, -0.2) is 42.3 Å². The highest BCUT2D eigenvalue weighted by Crippen LogP contribution is 2.28. The van der Waals surface area contributed by atoms with Crippen LogP contribution in [-0.2, 0) is 16.0 Å². The first kappa shape index (κ1) is 21.0. The zero-order valence-corrected chi connectivity index (χ0v) is 18.5. The second-order valence-electron chi connectivity index (χ2n) is 7.82. The molecule has 0 bridgehead atoms. The number of aromatic nitrogens is 1. The average Bonchev–Trinajstić information content (AvgIpc) is 3.19. The molecule has 0 saturated heterocycles. The van der Waals surface area contributed by atoms with E-state index >= 15 is 0 Å². The standard InChI is InChI=1S/C25H25N3O2S/c1-28(2)25(30)19-10-8-17(9-11-19)16-26-23(29)15-24-27-21-13-12-20(14-22(21)31-24)18-6-4-3-5-7-18/h3-10,12-14,19H,11,15-16H2,1-2H3,(H,26,29). The molecule has 4 rings (SSSR count). The Labute approximate surface area is 186 Å². The SMILES string of the molecule is CN(C)C(=O)C1C=CC(CNC(=O)Cc2nc3ccc(-c4ccccc4)cc3s2)=CC1. The van der Waals surface area contributed by atoms with Gasteiger partial charge in [0, 0.05) is 20.6 Å². The molecule has 31 heavy (non-hydrogen) atoms. The minimum atomic E-state index is -0.113. The van der Waals surface area contributed by atoms with E-state index in [0.717, 1.165) is 26.4 Å². The van der Waals surface area contributed by atoms with Crippen LogP contribution < -0.4 is 5.32 Å². The smallest absolute Gasteiger partial charge is 0.229 e. The summed E-state index contributed by atoms with van der Waals surface area (Å²) < 4.78 is 1.08. The van der Waals surface area contributed by atoms with Crippen molar-refractivity contribution in [2.24, 2.45) is 5.92 Å². The molecule has 5 nitrogen and oxygen atoms in total. The monoisotopic (exact) mass is 431 g/mol. The number of carbonyl (C=O) groups excluding carboxylic acids is 2. The molecule has 1 N–H and O–H groups in total. The van der Waals surface area contributed by atoms with Crippen LogP contribution in [0.1, 0.15) is 11.4 Å². The Morgan fingerprint density at radius 1 is 1.13 bits per heavy atom. The fraction of sp³-hybridized carbons (Fsp3) is 0.240. The number of thiazole rings is 1. The number of benzene rings is 2. The van der Waals surface area contributed by atoms with Gasteiger partial charge >= 0.3 is 0 Å². The average molecular weight is 432 g/mol. The van der Waals surface area contributed by atoms with Gasteiger partial charge in [-0.25, -0.2) is 4.98 Å². The molecule has 6 heteroatoms. The van der Waals surface area contributed by atoms with Crippen LogP contribution in [0.3, 0.4) is 0 Å². The lowest BCUT2D eigenvalue weighted by atomic mass is 9.95. The maximum Gasteiger partial charge on any atom is 0.229 e. The maximum absolute atomic E-state index is 12.4. The number of rotatable bonds is 6. The van der Waals surface area contributed by atoms with Crippen molar-refractivity contribution in [3.8, 4) is 11.1 Å². The van der Waals surface area contributed by atoms with Crippen LogP contribution >= 0.6 is 11.3 Å². The maximum atomic E-state index is 12.4. The minimum absolute atomic E-state index is 0.0527. The van der Waals surface area contributed by atoms with Gasteiger partial charge in [-0.05, 0) is 35.3 Å². The predicted octanol–water partition coefficient (Wildman–Crippen LogP) is 4.21. The van der Waals surface area contributed by atoms with Gasteiger partial charge in [-0.2, -0.15) is 0 Å². The van der Waals surface area contributed by atoms with Crippen LogP contribution in [0.25, 0.3) is 21.3 Å². The third kappa shape index (κ3) is 5.09. The molecule has 158 valence electrons. The fourth-order valence-electron chi connectivity index (χ4n) is 3.57. The van der Waals surface area contributed by atoms with Crippen molar-refractivity contribution < 1.29 is 9.59 Å². The van der Waals surface area contributed by atoms with Crippen molar-refractivity contribution in [3.05, 3.63) is 77.3 Å². The lowest BCUT2D eigenvalue weighted by Crippen LogP contribution is -2.30. The second kappa shape index (κ2) is 9.27. The lowest BCUT2D eigenvalue weighted by Gasteiger charge is -2.19. The third-order valence-corrected chi connectivity index (χ3v) is 6.29. The molecule has 0 spiro atoms. The summed E-state index contributed by atoms with van der Waals surface area (Å²) in [6, 6.07) is 16.4. The van der Waals surface area contributed by atoms with Crippen LogP contribution in [0.2, 0.25) is 0 Å².